The second-order valence-electron chi connectivity index (χ2n) is 7.73. The summed E-state index contributed by atoms with van der Waals surface area (Å²) in [4.78, 5) is 29.3. The first-order valence-corrected chi connectivity index (χ1v) is 11.0. The molecule has 1 aliphatic heterocycles. The molecule has 2 fully saturated rings. The Kier molecular flexibility index (Phi) is 5.11. The molecule has 8 nitrogen and oxygen atoms in total. The van der Waals surface area contributed by atoms with Crippen LogP contribution in [-0.4, -0.2) is 43.6 Å². The van der Waals surface area contributed by atoms with E-state index < -0.39 is 5.97 Å². The Labute approximate surface area is 182 Å². The third-order valence-corrected chi connectivity index (χ3v) is 6.51. The maximum absolute atomic E-state index is 12.0. The van der Waals surface area contributed by atoms with Gasteiger partial charge in [0.05, 0.1) is 6.54 Å². The molecule has 1 aliphatic carbocycles. The second-order valence-corrected chi connectivity index (χ2v) is 8.74. The molecular formula is C22H20N4O4S. The fourth-order valence-corrected chi connectivity index (χ4v) is 4.52. The summed E-state index contributed by atoms with van der Waals surface area (Å²) in [5, 5.41) is 19.8. The van der Waals surface area contributed by atoms with Crippen LogP contribution in [0.3, 0.4) is 0 Å². The molecule has 1 N–H and O–H groups in total. The Bertz CT molecular complexity index is 1140. The Morgan fingerprint density at radius 1 is 1.16 bits per heavy atom. The normalized spacial score (nSPS) is 16.0. The van der Waals surface area contributed by atoms with E-state index in [2.05, 4.69) is 15.2 Å². The van der Waals surface area contributed by atoms with Crippen LogP contribution >= 0.6 is 11.3 Å². The summed E-state index contributed by atoms with van der Waals surface area (Å²) in [6, 6.07) is 10.5. The van der Waals surface area contributed by atoms with Gasteiger partial charge in [0.15, 0.2) is 5.69 Å². The number of carbonyl (C=O) groups is 2. The lowest BCUT2D eigenvalue weighted by atomic mass is 10.2. The van der Waals surface area contributed by atoms with Crippen LogP contribution in [0.1, 0.15) is 52.7 Å². The van der Waals surface area contributed by atoms with Crippen molar-refractivity contribution in [1.29, 1.82) is 0 Å². The minimum Gasteiger partial charge on any atom is -0.477 e. The van der Waals surface area contributed by atoms with Crippen LogP contribution in [0.5, 0.6) is 11.6 Å². The highest BCUT2D eigenvalue weighted by Crippen LogP contribution is 2.42. The van der Waals surface area contributed by atoms with Crippen molar-refractivity contribution in [2.75, 3.05) is 6.54 Å². The highest BCUT2D eigenvalue weighted by atomic mass is 32.1. The van der Waals surface area contributed by atoms with Gasteiger partial charge in [0.25, 0.3) is 0 Å². The summed E-state index contributed by atoms with van der Waals surface area (Å²) < 4.78 is 5.95. The fourth-order valence-electron chi connectivity index (χ4n) is 3.50. The minimum absolute atomic E-state index is 0.0836. The molecule has 5 rings (SSSR count). The average Bonchev–Trinajstić information content (AvgIpc) is 3.36. The van der Waals surface area contributed by atoms with Crippen LogP contribution < -0.4 is 4.74 Å². The summed E-state index contributed by atoms with van der Waals surface area (Å²) >= 11 is 1.61. The van der Waals surface area contributed by atoms with Gasteiger partial charge in [-0.3, -0.25) is 4.79 Å². The molecule has 0 spiro atoms. The van der Waals surface area contributed by atoms with Gasteiger partial charge < -0.3 is 14.7 Å². The molecule has 31 heavy (non-hydrogen) atoms. The van der Waals surface area contributed by atoms with Gasteiger partial charge in [-0.15, -0.1) is 10.2 Å². The predicted molar refractivity (Wildman–Crippen MR) is 113 cm³/mol. The van der Waals surface area contributed by atoms with E-state index in [0.717, 1.165) is 22.0 Å². The molecule has 1 saturated heterocycles. The molecule has 1 aromatic carbocycles. The first-order valence-electron chi connectivity index (χ1n) is 10.2. The minimum atomic E-state index is -1.13. The molecule has 1 saturated carbocycles. The topological polar surface area (TPSA) is 106 Å². The van der Waals surface area contributed by atoms with E-state index in [0.29, 0.717) is 36.7 Å². The second kappa shape index (κ2) is 8.07. The van der Waals surface area contributed by atoms with Crippen molar-refractivity contribution in [3.8, 4) is 22.2 Å². The van der Waals surface area contributed by atoms with Gasteiger partial charge in [-0.05, 0) is 55.7 Å². The zero-order chi connectivity index (χ0) is 21.4. The smallest absolute Gasteiger partial charge is 0.354 e. The molecular weight excluding hydrogens is 416 g/mol. The lowest BCUT2D eigenvalue weighted by Gasteiger charge is -2.18. The number of hydrogen-bond donors (Lipinski definition) is 1. The summed E-state index contributed by atoms with van der Waals surface area (Å²) in [5.41, 5.74) is 1.51. The van der Waals surface area contributed by atoms with Crippen molar-refractivity contribution >= 4 is 23.2 Å². The number of carboxylic acids is 1. The molecule has 0 atom stereocenters. The number of nitrogens with zero attached hydrogens (tertiary/aromatic N) is 4. The molecule has 3 heterocycles. The van der Waals surface area contributed by atoms with Crippen molar-refractivity contribution in [1.82, 2.24) is 20.1 Å². The lowest BCUT2D eigenvalue weighted by Crippen LogP contribution is -2.24. The van der Waals surface area contributed by atoms with Crippen LogP contribution in [0.25, 0.3) is 10.6 Å². The van der Waals surface area contributed by atoms with E-state index in [-0.39, 0.29) is 17.5 Å². The molecule has 2 aromatic heterocycles. The number of aromatic nitrogens is 3. The van der Waals surface area contributed by atoms with E-state index >= 15 is 0 Å². The number of ether oxygens (including phenoxy) is 1. The van der Waals surface area contributed by atoms with Crippen LogP contribution in [0.15, 0.2) is 36.4 Å². The Hall–Kier alpha value is -3.33. The van der Waals surface area contributed by atoms with E-state index in [1.54, 1.807) is 34.4 Å². The number of aromatic carboxylic acids is 1. The molecule has 0 bridgehead atoms. The van der Waals surface area contributed by atoms with E-state index in [4.69, 9.17) is 4.74 Å². The third-order valence-electron chi connectivity index (χ3n) is 5.37. The van der Waals surface area contributed by atoms with E-state index in [9.17, 15) is 14.7 Å². The van der Waals surface area contributed by atoms with Crippen molar-refractivity contribution in [3.05, 3.63) is 52.7 Å². The first kappa shape index (κ1) is 19.6. The van der Waals surface area contributed by atoms with E-state index in [1.165, 1.54) is 18.9 Å². The molecule has 9 heteroatoms. The molecule has 2 aliphatic rings. The molecule has 0 radical (unpaired) electrons. The first-order chi connectivity index (χ1) is 15.1. The molecule has 0 unspecified atom stereocenters. The number of amides is 1. The largest absolute Gasteiger partial charge is 0.477 e. The van der Waals surface area contributed by atoms with Crippen molar-refractivity contribution < 1.29 is 19.4 Å². The van der Waals surface area contributed by atoms with Gasteiger partial charge in [-0.1, -0.05) is 11.3 Å². The Balaban J connectivity index is 1.37. The summed E-state index contributed by atoms with van der Waals surface area (Å²) in [6.07, 6.45) is 3.74. The van der Waals surface area contributed by atoms with Crippen LogP contribution in [-0.2, 0) is 11.3 Å². The fraction of sp³-hybridized carbons (Fsp3) is 0.318. The van der Waals surface area contributed by atoms with Crippen molar-refractivity contribution in [2.45, 2.75) is 38.1 Å². The van der Waals surface area contributed by atoms with Crippen LogP contribution in [0, 0.1) is 0 Å². The molecule has 158 valence electrons. The zero-order valence-electron chi connectivity index (χ0n) is 16.7. The van der Waals surface area contributed by atoms with Gasteiger partial charge in [0, 0.05) is 30.0 Å². The number of benzene rings is 1. The zero-order valence-corrected chi connectivity index (χ0v) is 17.5. The number of pyridine rings is 1. The average molecular weight is 436 g/mol. The number of likely N-dealkylation sites (tertiary alicyclic amines) is 1. The Morgan fingerprint density at radius 3 is 2.65 bits per heavy atom. The highest BCUT2D eigenvalue weighted by Gasteiger charge is 2.27. The number of hydrogen-bond acceptors (Lipinski definition) is 7. The Morgan fingerprint density at radius 2 is 1.97 bits per heavy atom. The monoisotopic (exact) mass is 436 g/mol. The van der Waals surface area contributed by atoms with Gasteiger partial charge in [-0.25, -0.2) is 9.78 Å². The van der Waals surface area contributed by atoms with E-state index in [1.807, 2.05) is 12.1 Å². The maximum Gasteiger partial charge on any atom is 0.354 e. The summed E-state index contributed by atoms with van der Waals surface area (Å²) in [6.45, 7) is 1.02. The summed E-state index contributed by atoms with van der Waals surface area (Å²) in [5.74, 6) is 0.244. The standard InChI is InChI=1S/C22H20N4O4S/c27-18-2-1-11-26(18)12-15-7-10-17(22(28)29)23-19(15)30-16-8-5-14(6-9-16)21-25-24-20(31-21)13-3-4-13/h5-10,13H,1-4,11-12H2,(H,28,29). The third kappa shape index (κ3) is 4.27. The summed E-state index contributed by atoms with van der Waals surface area (Å²) in [7, 11) is 0. The van der Waals surface area contributed by atoms with Gasteiger partial charge in [-0.2, -0.15) is 0 Å². The number of rotatable bonds is 7. The van der Waals surface area contributed by atoms with Crippen molar-refractivity contribution in [2.24, 2.45) is 0 Å². The van der Waals surface area contributed by atoms with Gasteiger partial charge in [0.2, 0.25) is 11.8 Å². The highest BCUT2D eigenvalue weighted by molar-refractivity contribution is 7.14. The van der Waals surface area contributed by atoms with Crippen LogP contribution in [0.2, 0.25) is 0 Å². The lowest BCUT2D eigenvalue weighted by molar-refractivity contribution is -0.128. The predicted octanol–water partition coefficient (Wildman–Crippen LogP) is 4.09. The SMILES string of the molecule is O=C(O)c1ccc(CN2CCCC2=O)c(Oc2ccc(-c3nnc(C4CC4)s3)cc2)n1. The molecule has 1 amide bonds. The number of carbonyl (C=O) groups excluding carboxylic acids is 1. The van der Waals surface area contributed by atoms with Gasteiger partial charge >= 0.3 is 5.97 Å². The van der Waals surface area contributed by atoms with Crippen LogP contribution in [0.4, 0.5) is 0 Å². The maximum atomic E-state index is 12.0. The quantitative estimate of drug-likeness (QED) is 0.595. The van der Waals surface area contributed by atoms with Gasteiger partial charge in [0.1, 0.15) is 15.8 Å². The number of carboxylic acid groups (broad SMARTS) is 1. The van der Waals surface area contributed by atoms with Crippen molar-refractivity contribution in [3.63, 3.8) is 0 Å². The molecule has 3 aromatic rings.